The molecule has 1 atom stereocenters. The summed E-state index contributed by atoms with van der Waals surface area (Å²) in [5.41, 5.74) is 2.17. The van der Waals surface area contributed by atoms with Gasteiger partial charge in [-0.25, -0.2) is 4.79 Å². The Morgan fingerprint density at radius 2 is 2.10 bits per heavy atom. The van der Waals surface area contributed by atoms with Crippen molar-refractivity contribution in [1.82, 2.24) is 4.90 Å². The zero-order valence-corrected chi connectivity index (χ0v) is 11.7. The molecule has 2 heterocycles. The molecule has 0 bridgehead atoms. The molecule has 0 aliphatic carbocycles. The third kappa shape index (κ3) is 2.91. The standard InChI is InChI=1S/C15H18N2O4/c18-14(10-16-7-8-21-13(9-16)15(19)20)17-6-5-11-3-1-2-4-12(11)17/h1-4,13H,5-10H2,(H,19,20). The molecule has 0 saturated carbocycles. The van der Waals surface area contributed by atoms with Crippen molar-refractivity contribution in [3.8, 4) is 0 Å². The van der Waals surface area contributed by atoms with Crippen LogP contribution in [0.25, 0.3) is 0 Å². The van der Waals surface area contributed by atoms with Crippen LogP contribution in [0.1, 0.15) is 5.56 Å². The lowest BCUT2D eigenvalue weighted by atomic mass is 10.2. The molecule has 112 valence electrons. The average Bonchev–Trinajstić information content (AvgIpc) is 2.91. The lowest BCUT2D eigenvalue weighted by molar-refractivity contribution is -0.156. The van der Waals surface area contributed by atoms with Crippen molar-refractivity contribution in [3.63, 3.8) is 0 Å². The first kappa shape index (κ1) is 14.0. The van der Waals surface area contributed by atoms with Crippen molar-refractivity contribution >= 4 is 17.6 Å². The van der Waals surface area contributed by atoms with Gasteiger partial charge in [0.1, 0.15) is 0 Å². The maximum atomic E-state index is 12.4. The molecule has 0 radical (unpaired) electrons. The maximum absolute atomic E-state index is 12.4. The van der Waals surface area contributed by atoms with E-state index in [2.05, 4.69) is 0 Å². The third-order valence-corrected chi connectivity index (χ3v) is 3.97. The van der Waals surface area contributed by atoms with Gasteiger partial charge in [0.05, 0.1) is 13.2 Å². The Morgan fingerprint density at radius 3 is 2.90 bits per heavy atom. The van der Waals surface area contributed by atoms with E-state index in [4.69, 9.17) is 9.84 Å². The summed E-state index contributed by atoms with van der Waals surface area (Å²) in [4.78, 5) is 27.1. The van der Waals surface area contributed by atoms with E-state index in [1.54, 1.807) is 4.90 Å². The number of carboxylic acids is 1. The van der Waals surface area contributed by atoms with Crippen LogP contribution in [0.4, 0.5) is 5.69 Å². The van der Waals surface area contributed by atoms with Gasteiger partial charge in [0.25, 0.3) is 0 Å². The Balaban J connectivity index is 1.63. The number of fused-ring (bicyclic) bond motifs is 1. The van der Waals surface area contributed by atoms with Crippen LogP contribution in [0, 0.1) is 0 Å². The van der Waals surface area contributed by atoms with Gasteiger partial charge in [-0.15, -0.1) is 0 Å². The highest BCUT2D eigenvalue weighted by Crippen LogP contribution is 2.27. The van der Waals surface area contributed by atoms with Gasteiger partial charge in [-0.3, -0.25) is 9.69 Å². The van der Waals surface area contributed by atoms with Crippen molar-refractivity contribution in [2.75, 3.05) is 37.7 Å². The number of morpholine rings is 1. The monoisotopic (exact) mass is 290 g/mol. The Bertz CT molecular complexity index is 560. The number of rotatable bonds is 3. The van der Waals surface area contributed by atoms with Gasteiger partial charge in [0, 0.05) is 25.3 Å². The second kappa shape index (κ2) is 5.83. The highest BCUT2D eigenvalue weighted by Gasteiger charge is 2.30. The van der Waals surface area contributed by atoms with E-state index in [-0.39, 0.29) is 19.0 Å². The number of carbonyl (C=O) groups excluding carboxylic acids is 1. The van der Waals surface area contributed by atoms with Gasteiger partial charge in [-0.05, 0) is 18.1 Å². The molecule has 6 heteroatoms. The minimum Gasteiger partial charge on any atom is -0.479 e. The Labute approximate surface area is 122 Å². The number of nitrogens with zero attached hydrogens (tertiary/aromatic N) is 2. The Kier molecular flexibility index (Phi) is 3.90. The number of hydrogen-bond acceptors (Lipinski definition) is 4. The molecule has 1 N–H and O–H groups in total. The van der Waals surface area contributed by atoms with Gasteiger partial charge < -0.3 is 14.7 Å². The first-order valence-electron chi connectivity index (χ1n) is 7.10. The molecule has 1 saturated heterocycles. The summed E-state index contributed by atoms with van der Waals surface area (Å²) in [7, 11) is 0. The Morgan fingerprint density at radius 1 is 1.29 bits per heavy atom. The van der Waals surface area contributed by atoms with Crippen LogP contribution in [0.3, 0.4) is 0 Å². The molecule has 2 aliphatic rings. The van der Waals surface area contributed by atoms with Crippen LogP contribution in [0.2, 0.25) is 0 Å². The van der Waals surface area contributed by atoms with E-state index in [0.717, 1.165) is 12.1 Å². The number of amides is 1. The summed E-state index contributed by atoms with van der Waals surface area (Å²) in [6.07, 6.45) is 0.0420. The summed E-state index contributed by atoms with van der Waals surface area (Å²) in [5, 5.41) is 8.98. The first-order chi connectivity index (χ1) is 10.1. The van der Waals surface area contributed by atoms with E-state index in [1.807, 2.05) is 29.2 Å². The molecule has 2 aliphatic heterocycles. The molecule has 0 aromatic heterocycles. The van der Waals surface area contributed by atoms with E-state index in [1.165, 1.54) is 5.56 Å². The van der Waals surface area contributed by atoms with E-state index in [9.17, 15) is 9.59 Å². The zero-order chi connectivity index (χ0) is 14.8. The number of hydrogen-bond donors (Lipinski definition) is 1. The minimum atomic E-state index is -0.973. The number of benzene rings is 1. The third-order valence-electron chi connectivity index (χ3n) is 3.97. The number of aliphatic carboxylic acids is 1. The predicted molar refractivity (Wildman–Crippen MR) is 76.3 cm³/mol. The fourth-order valence-corrected chi connectivity index (χ4v) is 2.87. The van der Waals surface area contributed by atoms with Crippen molar-refractivity contribution < 1.29 is 19.4 Å². The number of carbonyl (C=O) groups is 2. The molecular weight excluding hydrogens is 272 g/mol. The lowest BCUT2D eigenvalue weighted by Gasteiger charge is -2.31. The summed E-state index contributed by atoms with van der Waals surface area (Å²) < 4.78 is 5.17. The Hall–Kier alpha value is -1.92. The summed E-state index contributed by atoms with van der Waals surface area (Å²) in [6, 6.07) is 7.91. The summed E-state index contributed by atoms with van der Waals surface area (Å²) in [6.45, 7) is 2.13. The molecule has 1 amide bonds. The molecule has 21 heavy (non-hydrogen) atoms. The largest absolute Gasteiger partial charge is 0.479 e. The topological polar surface area (TPSA) is 70.1 Å². The SMILES string of the molecule is O=C(O)C1CN(CC(=O)N2CCc3ccccc32)CCO1. The number of anilines is 1. The van der Waals surface area contributed by atoms with Crippen LogP contribution in [-0.4, -0.2) is 60.8 Å². The van der Waals surface area contributed by atoms with Gasteiger partial charge >= 0.3 is 5.97 Å². The summed E-state index contributed by atoms with van der Waals surface area (Å²) >= 11 is 0. The number of carboxylic acid groups (broad SMARTS) is 1. The zero-order valence-electron chi connectivity index (χ0n) is 11.7. The van der Waals surface area contributed by atoms with Crippen LogP contribution >= 0.6 is 0 Å². The van der Waals surface area contributed by atoms with Gasteiger partial charge in [0.15, 0.2) is 6.10 Å². The van der Waals surface area contributed by atoms with Gasteiger partial charge in [-0.2, -0.15) is 0 Å². The van der Waals surface area contributed by atoms with E-state index in [0.29, 0.717) is 19.7 Å². The lowest BCUT2D eigenvalue weighted by Crippen LogP contribution is -2.49. The van der Waals surface area contributed by atoms with Crippen LogP contribution in [0.5, 0.6) is 0 Å². The van der Waals surface area contributed by atoms with Crippen molar-refractivity contribution in [2.24, 2.45) is 0 Å². The average molecular weight is 290 g/mol. The van der Waals surface area contributed by atoms with Crippen LogP contribution < -0.4 is 4.90 Å². The summed E-state index contributed by atoms with van der Waals surface area (Å²) in [5.74, 6) is -0.954. The molecule has 6 nitrogen and oxygen atoms in total. The second-order valence-electron chi connectivity index (χ2n) is 5.36. The van der Waals surface area contributed by atoms with Crippen molar-refractivity contribution in [3.05, 3.63) is 29.8 Å². The molecule has 1 unspecified atom stereocenters. The normalized spacial score (nSPS) is 22.1. The first-order valence-corrected chi connectivity index (χ1v) is 7.10. The maximum Gasteiger partial charge on any atom is 0.334 e. The number of ether oxygens (including phenoxy) is 1. The van der Waals surface area contributed by atoms with E-state index >= 15 is 0 Å². The number of para-hydroxylation sites is 1. The predicted octanol–water partition coefficient (Wildman–Crippen LogP) is 0.361. The molecule has 1 aromatic rings. The highest BCUT2D eigenvalue weighted by molar-refractivity contribution is 5.96. The van der Waals surface area contributed by atoms with Crippen LogP contribution in [0.15, 0.2) is 24.3 Å². The highest BCUT2D eigenvalue weighted by atomic mass is 16.5. The quantitative estimate of drug-likeness (QED) is 0.870. The van der Waals surface area contributed by atoms with Gasteiger partial charge in [0.2, 0.25) is 5.91 Å². The minimum absolute atomic E-state index is 0.0194. The van der Waals surface area contributed by atoms with Crippen molar-refractivity contribution in [1.29, 1.82) is 0 Å². The molecule has 3 rings (SSSR count). The van der Waals surface area contributed by atoms with Gasteiger partial charge in [-0.1, -0.05) is 18.2 Å². The fraction of sp³-hybridized carbons (Fsp3) is 0.467. The van der Waals surface area contributed by atoms with Crippen LogP contribution in [-0.2, 0) is 20.7 Å². The molecular formula is C15H18N2O4. The smallest absolute Gasteiger partial charge is 0.334 e. The molecule has 1 fully saturated rings. The second-order valence-corrected chi connectivity index (χ2v) is 5.36. The molecule has 1 aromatic carbocycles. The van der Waals surface area contributed by atoms with E-state index < -0.39 is 12.1 Å². The van der Waals surface area contributed by atoms with Crippen molar-refractivity contribution in [2.45, 2.75) is 12.5 Å². The molecule has 0 spiro atoms. The fourth-order valence-electron chi connectivity index (χ4n) is 2.87.